The fourth-order valence-electron chi connectivity index (χ4n) is 3.62. The molecule has 0 saturated carbocycles. The molecule has 0 bridgehead atoms. The Hall–Kier alpha value is -1.18. The van der Waals surface area contributed by atoms with Gasteiger partial charge in [0.2, 0.25) is 0 Å². The number of rotatable bonds is 10. The Bertz CT molecular complexity index is 552. The fraction of sp³-hybridized carbons (Fsp3) is 0.800. The summed E-state index contributed by atoms with van der Waals surface area (Å²) in [6, 6.07) is 0.513. The molecule has 1 aliphatic rings. The fourth-order valence-corrected chi connectivity index (χ4v) is 4.36. The van der Waals surface area contributed by atoms with Crippen LogP contribution in [-0.2, 0) is 17.7 Å². The highest BCUT2D eigenvalue weighted by atomic mass is 32.1. The van der Waals surface area contributed by atoms with Crippen LogP contribution in [0.4, 0.5) is 0 Å². The molecule has 0 aliphatic carbocycles. The first kappa shape index (κ1) is 22.1. The van der Waals surface area contributed by atoms with E-state index < -0.39 is 0 Å². The topological polar surface area (TPSA) is 61.8 Å². The third-order valence-corrected chi connectivity index (χ3v) is 6.27. The Morgan fingerprint density at radius 2 is 1.96 bits per heavy atom. The highest BCUT2D eigenvalue weighted by Crippen LogP contribution is 2.19. The Labute approximate surface area is 168 Å². The Kier molecular flexibility index (Phi) is 10.1. The molecule has 0 aromatic carbocycles. The molecular weight excluding hydrogens is 358 g/mol. The van der Waals surface area contributed by atoms with Crippen molar-refractivity contribution in [1.29, 1.82) is 0 Å². The normalized spacial score (nSPS) is 17.3. The van der Waals surface area contributed by atoms with Crippen LogP contribution in [-0.4, -0.2) is 61.3 Å². The lowest BCUT2D eigenvalue weighted by Gasteiger charge is -2.39. The summed E-state index contributed by atoms with van der Waals surface area (Å²) in [5.41, 5.74) is 1.05. The average molecular weight is 396 g/mol. The number of morpholine rings is 1. The zero-order chi connectivity index (χ0) is 19.5. The number of aryl methyl sites for hydroxylation is 1. The van der Waals surface area contributed by atoms with Crippen molar-refractivity contribution in [2.45, 2.75) is 59.5 Å². The molecule has 1 aliphatic heterocycles. The van der Waals surface area contributed by atoms with Crippen molar-refractivity contribution in [3.05, 3.63) is 16.1 Å². The first-order chi connectivity index (χ1) is 13.2. The minimum atomic E-state index is 0.513. The van der Waals surface area contributed by atoms with Crippen LogP contribution in [0.15, 0.2) is 10.4 Å². The third-order valence-electron chi connectivity index (χ3n) is 5.23. The standard InChI is InChI=1S/C20H37N5OS/c1-5-16(6-2)18(25-9-11-26-12-10-25)14-23-20(21-8-4)22-13-17-15-27-19(7-3)24-17/h15-16,18H,5-14H2,1-4H3,(H2,21,22,23). The van der Waals surface area contributed by atoms with Gasteiger partial charge in [-0.15, -0.1) is 11.3 Å². The van der Waals surface area contributed by atoms with E-state index in [1.54, 1.807) is 11.3 Å². The van der Waals surface area contributed by atoms with Crippen molar-refractivity contribution in [2.24, 2.45) is 10.9 Å². The molecule has 1 saturated heterocycles. The van der Waals surface area contributed by atoms with Crippen LogP contribution in [0.1, 0.15) is 51.2 Å². The molecule has 1 fully saturated rings. The second kappa shape index (κ2) is 12.3. The largest absolute Gasteiger partial charge is 0.379 e. The van der Waals surface area contributed by atoms with Gasteiger partial charge in [0.05, 0.1) is 30.5 Å². The summed E-state index contributed by atoms with van der Waals surface area (Å²) >= 11 is 1.72. The van der Waals surface area contributed by atoms with Crippen LogP contribution in [0.2, 0.25) is 0 Å². The van der Waals surface area contributed by atoms with Gasteiger partial charge in [-0.05, 0) is 19.3 Å². The summed E-state index contributed by atoms with van der Waals surface area (Å²) in [4.78, 5) is 12.0. The Balaban J connectivity index is 1.99. The van der Waals surface area contributed by atoms with E-state index in [2.05, 4.69) is 53.6 Å². The van der Waals surface area contributed by atoms with Crippen LogP contribution in [0, 0.1) is 5.92 Å². The number of hydrogen-bond donors (Lipinski definition) is 2. The van der Waals surface area contributed by atoms with Gasteiger partial charge in [-0.2, -0.15) is 0 Å². The zero-order valence-electron chi connectivity index (χ0n) is 17.5. The van der Waals surface area contributed by atoms with Gasteiger partial charge in [-0.25, -0.2) is 9.98 Å². The predicted octanol–water partition coefficient (Wildman–Crippen LogP) is 2.90. The molecule has 6 nitrogen and oxygen atoms in total. The highest BCUT2D eigenvalue weighted by Gasteiger charge is 2.27. The quantitative estimate of drug-likeness (QED) is 0.471. The van der Waals surface area contributed by atoms with Gasteiger partial charge in [0, 0.05) is 37.6 Å². The predicted molar refractivity (Wildman–Crippen MR) is 115 cm³/mol. The third kappa shape index (κ3) is 7.05. The van der Waals surface area contributed by atoms with Crippen LogP contribution < -0.4 is 10.6 Å². The molecule has 1 aromatic rings. The van der Waals surface area contributed by atoms with Gasteiger partial charge in [-0.3, -0.25) is 4.90 Å². The summed E-state index contributed by atoms with van der Waals surface area (Å²) < 4.78 is 5.56. The van der Waals surface area contributed by atoms with Gasteiger partial charge >= 0.3 is 0 Å². The summed E-state index contributed by atoms with van der Waals surface area (Å²) in [5, 5.41) is 10.3. The number of nitrogens with zero attached hydrogens (tertiary/aromatic N) is 3. The monoisotopic (exact) mass is 395 g/mol. The Morgan fingerprint density at radius 1 is 1.22 bits per heavy atom. The van der Waals surface area contributed by atoms with E-state index in [1.807, 2.05) is 0 Å². The lowest BCUT2D eigenvalue weighted by atomic mass is 9.92. The SMILES string of the molecule is CCNC(=NCc1csc(CC)n1)NCC(C(CC)CC)N1CCOCC1. The summed E-state index contributed by atoms with van der Waals surface area (Å²) in [5.74, 6) is 1.57. The first-order valence-corrected chi connectivity index (χ1v) is 11.4. The molecule has 0 radical (unpaired) electrons. The second-order valence-electron chi connectivity index (χ2n) is 6.95. The van der Waals surface area contributed by atoms with Gasteiger partial charge in [-0.1, -0.05) is 33.6 Å². The Morgan fingerprint density at radius 3 is 2.56 bits per heavy atom. The number of aliphatic imine (C=N–C) groups is 1. The van der Waals surface area contributed by atoms with Crippen LogP contribution >= 0.6 is 11.3 Å². The maximum Gasteiger partial charge on any atom is 0.191 e. The van der Waals surface area contributed by atoms with Gasteiger partial charge in [0.15, 0.2) is 5.96 Å². The maximum absolute atomic E-state index is 5.56. The van der Waals surface area contributed by atoms with Crippen molar-refractivity contribution in [1.82, 2.24) is 20.5 Å². The number of aromatic nitrogens is 1. The van der Waals surface area contributed by atoms with Gasteiger partial charge in [0.1, 0.15) is 0 Å². The summed E-state index contributed by atoms with van der Waals surface area (Å²) in [6.45, 7) is 15.0. The molecule has 2 rings (SSSR count). The lowest BCUT2D eigenvalue weighted by molar-refractivity contribution is 0.00272. The molecule has 0 amide bonds. The lowest BCUT2D eigenvalue weighted by Crippen LogP contribution is -2.53. The molecule has 7 heteroatoms. The van der Waals surface area contributed by atoms with Crippen molar-refractivity contribution >= 4 is 17.3 Å². The zero-order valence-corrected chi connectivity index (χ0v) is 18.3. The maximum atomic E-state index is 5.56. The second-order valence-corrected chi connectivity index (χ2v) is 7.90. The summed E-state index contributed by atoms with van der Waals surface area (Å²) in [6.07, 6.45) is 3.39. The number of thiazole rings is 1. The first-order valence-electron chi connectivity index (χ1n) is 10.5. The minimum Gasteiger partial charge on any atom is -0.379 e. The van der Waals surface area contributed by atoms with E-state index in [0.29, 0.717) is 18.5 Å². The highest BCUT2D eigenvalue weighted by molar-refractivity contribution is 7.09. The van der Waals surface area contributed by atoms with Crippen LogP contribution in [0.25, 0.3) is 0 Å². The van der Waals surface area contributed by atoms with E-state index in [4.69, 9.17) is 9.73 Å². The number of ether oxygens (including phenoxy) is 1. The number of nitrogens with one attached hydrogen (secondary N) is 2. The van der Waals surface area contributed by atoms with Crippen molar-refractivity contribution in [3.63, 3.8) is 0 Å². The molecule has 1 aromatic heterocycles. The van der Waals surface area contributed by atoms with E-state index in [-0.39, 0.29) is 0 Å². The smallest absolute Gasteiger partial charge is 0.191 e. The molecule has 2 N–H and O–H groups in total. The van der Waals surface area contributed by atoms with Crippen LogP contribution in [0.5, 0.6) is 0 Å². The van der Waals surface area contributed by atoms with Crippen molar-refractivity contribution in [2.75, 3.05) is 39.4 Å². The van der Waals surface area contributed by atoms with E-state index >= 15 is 0 Å². The van der Waals surface area contributed by atoms with Crippen molar-refractivity contribution < 1.29 is 4.74 Å². The molecule has 27 heavy (non-hydrogen) atoms. The number of hydrogen-bond acceptors (Lipinski definition) is 5. The summed E-state index contributed by atoms with van der Waals surface area (Å²) in [7, 11) is 0. The van der Waals surface area contributed by atoms with E-state index in [9.17, 15) is 0 Å². The van der Waals surface area contributed by atoms with Crippen molar-refractivity contribution in [3.8, 4) is 0 Å². The molecule has 1 unspecified atom stereocenters. The molecule has 2 heterocycles. The molecule has 0 spiro atoms. The molecular formula is C20H37N5OS. The minimum absolute atomic E-state index is 0.513. The van der Waals surface area contributed by atoms with Gasteiger partial charge < -0.3 is 15.4 Å². The number of guanidine groups is 1. The molecule has 1 atom stereocenters. The van der Waals surface area contributed by atoms with Crippen LogP contribution in [0.3, 0.4) is 0 Å². The van der Waals surface area contributed by atoms with E-state index in [0.717, 1.165) is 57.5 Å². The average Bonchev–Trinajstić information content (AvgIpc) is 3.18. The molecule has 154 valence electrons. The van der Waals surface area contributed by atoms with Gasteiger partial charge in [0.25, 0.3) is 0 Å². The van der Waals surface area contributed by atoms with E-state index in [1.165, 1.54) is 17.8 Å².